The van der Waals surface area contributed by atoms with Crippen LogP contribution in [0.4, 0.5) is 5.13 Å². The second kappa shape index (κ2) is 5.55. The van der Waals surface area contributed by atoms with Crippen molar-refractivity contribution in [2.45, 2.75) is 45.9 Å². The van der Waals surface area contributed by atoms with Gasteiger partial charge in [-0.25, -0.2) is 4.98 Å². The van der Waals surface area contributed by atoms with Crippen LogP contribution in [0.2, 0.25) is 0 Å². The third-order valence-electron chi connectivity index (χ3n) is 2.90. The predicted octanol–water partition coefficient (Wildman–Crippen LogP) is 2.57. The van der Waals surface area contributed by atoms with Crippen molar-refractivity contribution in [2.75, 3.05) is 25.0 Å². The SMILES string of the molecule is CCNc1ncc(CN2CC(C)OC(C)(C)C2)s1. The Bertz CT molecular complexity index is 391. The maximum atomic E-state index is 5.92. The van der Waals surface area contributed by atoms with Gasteiger partial charge in [0.2, 0.25) is 0 Å². The maximum Gasteiger partial charge on any atom is 0.182 e. The summed E-state index contributed by atoms with van der Waals surface area (Å²) in [6, 6.07) is 0. The smallest absolute Gasteiger partial charge is 0.182 e. The Morgan fingerprint density at radius 1 is 1.61 bits per heavy atom. The largest absolute Gasteiger partial charge is 0.370 e. The van der Waals surface area contributed by atoms with E-state index in [0.717, 1.165) is 31.3 Å². The number of aromatic nitrogens is 1. The van der Waals surface area contributed by atoms with Gasteiger partial charge in [0, 0.05) is 37.3 Å². The highest BCUT2D eigenvalue weighted by molar-refractivity contribution is 7.15. The van der Waals surface area contributed by atoms with Gasteiger partial charge in [0.05, 0.1) is 11.7 Å². The highest BCUT2D eigenvalue weighted by Gasteiger charge is 2.31. The minimum Gasteiger partial charge on any atom is -0.370 e. The van der Waals surface area contributed by atoms with Crippen LogP contribution in [-0.4, -0.2) is 41.2 Å². The molecule has 2 rings (SSSR count). The number of morpholine rings is 1. The fourth-order valence-corrected chi connectivity index (χ4v) is 3.46. The first-order chi connectivity index (χ1) is 8.48. The molecule has 102 valence electrons. The lowest BCUT2D eigenvalue weighted by atomic mass is 10.1. The van der Waals surface area contributed by atoms with Gasteiger partial charge in [-0.2, -0.15) is 0 Å². The van der Waals surface area contributed by atoms with Gasteiger partial charge in [0.1, 0.15) is 0 Å². The summed E-state index contributed by atoms with van der Waals surface area (Å²) in [5, 5.41) is 4.28. The van der Waals surface area contributed by atoms with Crippen molar-refractivity contribution in [1.82, 2.24) is 9.88 Å². The number of anilines is 1. The van der Waals surface area contributed by atoms with Crippen LogP contribution >= 0.6 is 11.3 Å². The Morgan fingerprint density at radius 3 is 3.06 bits per heavy atom. The molecule has 18 heavy (non-hydrogen) atoms. The summed E-state index contributed by atoms with van der Waals surface area (Å²) in [7, 11) is 0. The molecule has 1 unspecified atom stereocenters. The zero-order valence-corrected chi connectivity index (χ0v) is 12.5. The Hall–Kier alpha value is -0.650. The van der Waals surface area contributed by atoms with Crippen LogP contribution < -0.4 is 5.32 Å². The van der Waals surface area contributed by atoms with Crippen LogP contribution in [0.25, 0.3) is 0 Å². The summed E-state index contributed by atoms with van der Waals surface area (Å²) in [6.45, 7) is 12.4. The first-order valence-electron chi connectivity index (χ1n) is 6.57. The fraction of sp³-hybridized carbons (Fsp3) is 0.769. The standard InChI is InChI=1S/C13H23N3OS/c1-5-14-12-15-6-11(18-12)8-16-7-10(2)17-13(3,4)9-16/h6,10H,5,7-9H2,1-4H3,(H,14,15). The third-order valence-corrected chi connectivity index (χ3v) is 3.84. The summed E-state index contributed by atoms with van der Waals surface area (Å²) >= 11 is 1.75. The average Bonchev–Trinajstić information content (AvgIpc) is 2.62. The summed E-state index contributed by atoms with van der Waals surface area (Å²) in [4.78, 5) is 8.15. The van der Waals surface area contributed by atoms with E-state index in [1.165, 1.54) is 4.88 Å². The van der Waals surface area contributed by atoms with Crippen LogP contribution in [0, 0.1) is 0 Å². The molecule has 0 amide bonds. The van der Waals surface area contributed by atoms with Crippen molar-refractivity contribution in [3.63, 3.8) is 0 Å². The van der Waals surface area contributed by atoms with E-state index >= 15 is 0 Å². The summed E-state index contributed by atoms with van der Waals surface area (Å²) in [6.07, 6.45) is 2.28. The second-order valence-corrected chi connectivity index (χ2v) is 6.64. The van der Waals surface area contributed by atoms with E-state index in [2.05, 4.69) is 42.9 Å². The van der Waals surface area contributed by atoms with Gasteiger partial charge in [-0.1, -0.05) is 0 Å². The first kappa shape index (κ1) is 13.8. The molecule has 2 heterocycles. The van der Waals surface area contributed by atoms with Crippen molar-refractivity contribution >= 4 is 16.5 Å². The average molecular weight is 269 g/mol. The first-order valence-corrected chi connectivity index (χ1v) is 7.39. The number of thiazole rings is 1. The number of nitrogens with one attached hydrogen (secondary N) is 1. The number of ether oxygens (including phenoxy) is 1. The van der Waals surface area contributed by atoms with Gasteiger partial charge in [0.25, 0.3) is 0 Å². The van der Waals surface area contributed by atoms with E-state index < -0.39 is 0 Å². The number of hydrogen-bond acceptors (Lipinski definition) is 5. The lowest BCUT2D eigenvalue weighted by Gasteiger charge is -2.41. The lowest BCUT2D eigenvalue weighted by Crippen LogP contribution is -2.51. The van der Waals surface area contributed by atoms with Gasteiger partial charge in [-0.15, -0.1) is 11.3 Å². The molecular formula is C13H23N3OS. The molecule has 1 saturated heterocycles. The maximum absolute atomic E-state index is 5.92. The Balaban J connectivity index is 1.95. The number of nitrogens with zero attached hydrogens (tertiary/aromatic N) is 2. The van der Waals surface area contributed by atoms with E-state index in [0.29, 0.717) is 6.10 Å². The summed E-state index contributed by atoms with van der Waals surface area (Å²) < 4.78 is 5.92. The minimum absolute atomic E-state index is 0.0488. The molecule has 0 radical (unpaired) electrons. The van der Waals surface area contributed by atoms with E-state index in [4.69, 9.17) is 4.74 Å². The van der Waals surface area contributed by atoms with Crippen LogP contribution in [0.1, 0.15) is 32.6 Å². The van der Waals surface area contributed by atoms with Crippen LogP contribution in [0.15, 0.2) is 6.20 Å². The molecule has 0 aliphatic carbocycles. The van der Waals surface area contributed by atoms with Crippen molar-refractivity contribution in [1.29, 1.82) is 0 Å². The second-order valence-electron chi connectivity index (χ2n) is 5.52. The fourth-order valence-electron chi connectivity index (χ4n) is 2.54. The molecule has 0 bridgehead atoms. The van der Waals surface area contributed by atoms with E-state index in [9.17, 15) is 0 Å². The molecule has 1 aromatic heterocycles. The van der Waals surface area contributed by atoms with Crippen molar-refractivity contribution in [2.24, 2.45) is 0 Å². The lowest BCUT2D eigenvalue weighted by molar-refractivity contribution is -0.130. The zero-order valence-electron chi connectivity index (χ0n) is 11.7. The molecule has 5 heteroatoms. The van der Waals surface area contributed by atoms with E-state index in [-0.39, 0.29) is 5.60 Å². The topological polar surface area (TPSA) is 37.4 Å². The molecule has 1 aromatic rings. The van der Waals surface area contributed by atoms with Gasteiger partial charge < -0.3 is 10.1 Å². The Kier molecular flexibility index (Phi) is 4.25. The zero-order chi connectivity index (χ0) is 13.2. The molecular weight excluding hydrogens is 246 g/mol. The van der Waals surface area contributed by atoms with Crippen LogP contribution in [0.5, 0.6) is 0 Å². The number of hydrogen-bond donors (Lipinski definition) is 1. The van der Waals surface area contributed by atoms with E-state index in [1.54, 1.807) is 11.3 Å². The molecule has 0 aromatic carbocycles. The van der Waals surface area contributed by atoms with E-state index in [1.807, 2.05) is 6.20 Å². The molecule has 1 fully saturated rings. The Labute approximate surface area is 113 Å². The minimum atomic E-state index is -0.0488. The van der Waals surface area contributed by atoms with Gasteiger partial charge in [-0.3, -0.25) is 4.90 Å². The highest BCUT2D eigenvalue weighted by atomic mass is 32.1. The molecule has 1 N–H and O–H groups in total. The molecule has 0 spiro atoms. The quantitative estimate of drug-likeness (QED) is 0.911. The van der Waals surface area contributed by atoms with Crippen molar-refractivity contribution < 1.29 is 4.74 Å². The summed E-state index contributed by atoms with van der Waals surface area (Å²) in [5.74, 6) is 0. The molecule has 1 aliphatic heterocycles. The van der Waals surface area contributed by atoms with Crippen molar-refractivity contribution in [3.8, 4) is 0 Å². The van der Waals surface area contributed by atoms with Gasteiger partial charge in [-0.05, 0) is 27.7 Å². The highest BCUT2D eigenvalue weighted by Crippen LogP contribution is 2.25. The molecule has 1 aliphatic rings. The van der Waals surface area contributed by atoms with Crippen molar-refractivity contribution in [3.05, 3.63) is 11.1 Å². The molecule has 4 nitrogen and oxygen atoms in total. The van der Waals surface area contributed by atoms with Crippen LogP contribution in [-0.2, 0) is 11.3 Å². The van der Waals surface area contributed by atoms with Gasteiger partial charge >= 0.3 is 0 Å². The summed E-state index contributed by atoms with van der Waals surface area (Å²) in [5.41, 5.74) is -0.0488. The van der Waals surface area contributed by atoms with Gasteiger partial charge in [0.15, 0.2) is 5.13 Å². The monoisotopic (exact) mass is 269 g/mol. The number of rotatable bonds is 4. The predicted molar refractivity (Wildman–Crippen MR) is 76.2 cm³/mol. The third kappa shape index (κ3) is 3.67. The normalized spacial score (nSPS) is 24.1. The molecule has 0 saturated carbocycles. The molecule has 1 atom stereocenters. The van der Waals surface area contributed by atoms with Crippen LogP contribution in [0.3, 0.4) is 0 Å². The Morgan fingerprint density at radius 2 is 2.39 bits per heavy atom.